The molecular formula is C47H84O24. The SMILES string of the molecule is C=C(C)C(=O)OCC(OCCOCCOCCOCCOCCOCCOCCOCCO)C(=C)C(=O)OCCOCCOCCOCCOCCOCCOCCOCCOC(COC)C(=C)C(=O)O. The van der Waals surface area contributed by atoms with Gasteiger partial charge in [-0.3, -0.25) is 0 Å². The lowest BCUT2D eigenvalue weighted by atomic mass is 10.2. The zero-order valence-electron chi connectivity index (χ0n) is 42.2. The van der Waals surface area contributed by atoms with Crippen LogP contribution in [0, 0.1) is 0 Å². The van der Waals surface area contributed by atoms with Gasteiger partial charge in [0.2, 0.25) is 0 Å². The fourth-order valence-electron chi connectivity index (χ4n) is 4.89. The first kappa shape index (κ1) is 67.9. The minimum absolute atomic E-state index is 0.00286. The molecule has 0 saturated heterocycles. The first-order valence-corrected chi connectivity index (χ1v) is 23.7. The fourth-order valence-corrected chi connectivity index (χ4v) is 4.89. The average Bonchev–Trinajstić information content (AvgIpc) is 3.36. The number of aliphatic hydroxyl groups is 1. The Labute approximate surface area is 419 Å². The highest BCUT2D eigenvalue weighted by Crippen LogP contribution is 2.10. The number of carboxylic acid groups (broad SMARTS) is 1. The number of hydrogen-bond acceptors (Lipinski definition) is 23. The quantitative estimate of drug-likeness (QED) is 0.0477. The molecule has 0 spiro atoms. The Balaban J connectivity index is 3.78. The highest BCUT2D eigenvalue weighted by molar-refractivity contribution is 5.89. The molecule has 0 heterocycles. The van der Waals surface area contributed by atoms with E-state index in [1.54, 1.807) is 0 Å². The average molecular weight is 1030 g/mol. The topological polar surface area (TPSA) is 267 Å². The Kier molecular flexibility index (Phi) is 50.9. The summed E-state index contributed by atoms with van der Waals surface area (Å²) in [6.07, 6.45) is -1.71. The molecule has 0 aliphatic heterocycles. The van der Waals surface area contributed by atoms with Crippen LogP contribution >= 0.6 is 0 Å². The monoisotopic (exact) mass is 1030 g/mol. The summed E-state index contributed by atoms with van der Waals surface area (Å²) in [7, 11) is 1.45. The first-order valence-electron chi connectivity index (χ1n) is 23.7. The lowest BCUT2D eigenvalue weighted by molar-refractivity contribution is -0.147. The first-order chi connectivity index (χ1) is 34.6. The van der Waals surface area contributed by atoms with E-state index in [0.717, 1.165) is 0 Å². The molecule has 416 valence electrons. The van der Waals surface area contributed by atoms with Crippen molar-refractivity contribution in [3.63, 3.8) is 0 Å². The zero-order chi connectivity index (χ0) is 52.1. The van der Waals surface area contributed by atoms with Gasteiger partial charge in [-0.1, -0.05) is 19.7 Å². The summed E-state index contributed by atoms with van der Waals surface area (Å²) in [5.41, 5.74) is 0.0838. The van der Waals surface area contributed by atoms with Gasteiger partial charge in [-0.2, -0.15) is 0 Å². The van der Waals surface area contributed by atoms with Gasteiger partial charge in [0, 0.05) is 12.7 Å². The summed E-state index contributed by atoms with van der Waals surface area (Å²) in [5.74, 6) is -2.50. The Morgan fingerprint density at radius 1 is 0.366 bits per heavy atom. The molecule has 2 N–H and O–H groups in total. The van der Waals surface area contributed by atoms with Gasteiger partial charge in [0.05, 0.1) is 223 Å². The van der Waals surface area contributed by atoms with Crippen molar-refractivity contribution in [2.75, 3.05) is 232 Å². The Bertz CT molecular complexity index is 1290. The maximum Gasteiger partial charge on any atom is 0.336 e. The molecule has 0 radical (unpaired) electrons. The standard InChI is InChI=1S/C47H84O24/c1-40(2)46(51)71-39-44(69-36-33-66-30-27-63-24-21-60-17-14-57-13-12-56-11-10-55-9-8-54-7-6-48)42(4)47(52)70-37-34-67-31-28-64-25-22-61-19-16-58-15-18-59-20-23-62-26-29-65-32-35-68-43(38-53-5)41(3)45(49)50/h43-44,48H,1,3-4,6-39H2,2,5H3,(H,49,50). The van der Waals surface area contributed by atoms with Crippen LogP contribution in [0.5, 0.6) is 0 Å². The third-order valence-electron chi connectivity index (χ3n) is 8.60. The molecule has 0 aliphatic carbocycles. The second-order valence-electron chi connectivity index (χ2n) is 14.3. The molecule has 71 heavy (non-hydrogen) atoms. The molecule has 0 amide bonds. The predicted octanol–water partition coefficient (Wildman–Crippen LogP) is 0.487. The molecule has 2 unspecified atom stereocenters. The number of rotatable bonds is 58. The molecular weight excluding hydrogens is 948 g/mol. The van der Waals surface area contributed by atoms with Crippen LogP contribution in [0.25, 0.3) is 0 Å². The van der Waals surface area contributed by atoms with Crippen molar-refractivity contribution >= 4 is 17.9 Å². The van der Waals surface area contributed by atoms with Crippen LogP contribution in [0.2, 0.25) is 0 Å². The van der Waals surface area contributed by atoms with Gasteiger partial charge in [0.25, 0.3) is 0 Å². The van der Waals surface area contributed by atoms with E-state index >= 15 is 0 Å². The van der Waals surface area contributed by atoms with E-state index in [1.165, 1.54) is 14.0 Å². The molecule has 0 saturated carbocycles. The third-order valence-corrected chi connectivity index (χ3v) is 8.60. The number of methoxy groups -OCH3 is 1. The largest absolute Gasteiger partial charge is 0.478 e. The molecule has 0 aromatic heterocycles. The van der Waals surface area contributed by atoms with Crippen molar-refractivity contribution in [1.29, 1.82) is 0 Å². The molecule has 24 heteroatoms. The fraction of sp³-hybridized carbons (Fsp3) is 0.809. The Morgan fingerprint density at radius 3 is 0.901 bits per heavy atom. The van der Waals surface area contributed by atoms with Gasteiger partial charge in [0.15, 0.2) is 0 Å². The number of carbonyl (C=O) groups excluding carboxylic acids is 2. The van der Waals surface area contributed by atoms with Crippen molar-refractivity contribution < 1.29 is 115 Å². The number of carbonyl (C=O) groups is 3. The van der Waals surface area contributed by atoms with E-state index in [1.807, 2.05) is 0 Å². The third kappa shape index (κ3) is 46.4. The molecule has 0 aliphatic rings. The minimum atomic E-state index is -1.14. The number of aliphatic carboxylic acids is 1. The van der Waals surface area contributed by atoms with Gasteiger partial charge in [-0.25, -0.2) is 14.4 Å². The summed E-state index contributed by atoms with van der Waals surface area (Å²) >= 11 is 0. The number of hydrogen-bond donors (Lipinski definition) is 2. The minimum Gasteiger partial charge on any atom is -0.478 e. The van der Waals surface area contributed by atoms with E-state index in [4.69, 9.17) is 100 Å². The van der Waals surface area contributed by atoms with E-state index < -0.39 is 30.1 Å². The van der Waals surface area contributed by atoms with Gasteiger partial charge in [-0.15, -0.1) is 0 Å². The van der Waals surface area contributed by atoms with Gasteiger partial charge in [0.1, 0.15) is 25.4 Å². The number of ether oxygens (including phenoxy) is 19. The van der Waals surface area contributed by atoms with E-state index in [9.17, 15) is 14.4 Å². The lowest BCUT2D eigenvalue weighted by Gasteiger charge is -2.19. The second kappa shape index (κ2) is 53.2. The second-order valence-corrected chi connectivity index (χ2v) is 14.3. The molecule has 2 atom stereocenters. The summed E-state index contributed by atoms with van der Waals surface area (Å²) in [6, 6.07) is 0. The van der Waals surface area contributed by atoms with Crippen LogP contribution in [0.15, 0.2) is 36.5 Å². The molecule has 24 nitrogen and oxygen atoms in total. The summed E-state index contributed by atoms with van der Waals surface area (Å²) in [4.78, 5) is 35.7. The number of esters is 2. The summed E-state index contributed by atoms with van der Waals surface area (Å²) in [5, 5.41) is 17.7. The van der Waals surface area contributed by atoms with Crippen LogP contribution in [0.3, 0.4) is 0 Å². The summed E-state index contributed by atoms with van der Waals surface area (Å²) < 4.78 is 103. The number of aliphatic hydroxyl groups excluding tert-OH is 1. The van der Waals surface area contributed by atoms with Crippen molar-refractivity contribution in [1.82, 2.24) is 0 Å². The zero-order valence-corrected chi connectivity index (χ0v) is 42.2. The van der Waals surface area contributed by atoms with Crippen molar-refractivity contribution in [3.05, 3.63) is 36.5 Å². The van der Waals surface area contributed by atoms with Crippen molar-refractivity contribution in [2.24, 2.45) is 0 Å². The van der Waals surface area contributed by atoms with Gasteiger partial charge >= 0.3 is 17.9 Å². The maximum absolute atomic E-state index is 12.7. The highest BCUT2D eigenvalue weighted by Gasteiger charge is 2.23. The van der Waals surface area contributed by atoms with Crippen LogP contribution in [-0.2, 0) is 104 Å². The van der Waals surface area contributed by atoms with Crippen LogP contribution < -0.4 is 0 Å². The van der Waals surface area contributed by atoms with Gasteiger partial charge in [-0.05, 0) is 6.92 Å². The predicted molar refractivity (Wildman–Crippen MR) is 253 cm³/mol. The van der Waals surface area contributed by atoms with Crippen molar-refractivity contribution in [2.45, 2.75) is 19.1 Å². The summed E-state index contributed by atoms with van der Waals surface area (Å²) in [6.45, 7) is 22.8. The normalized spacial score (nSPS) is 12.2. The molecule has 0 bridgehead atoms. The van der Waals surface area contributed by atoms with E-state index in [0.29, 0.717) is 159 Å². The Morgan fingerprint density at radius 2 is 0.634 bits per heavy atom. The molecule has 0 aromatic carbocycles. The molecule has 0 aromatic rings. The van der Waals surface area contributed by atoms with Gasteiger partial charge < -0.3 is 100 Å². The molecule has 0 rings (SSSR count). The lowest BCUT2D eigenvalue weighted by Crippen LogP contribution is -2.30. The Hall–Kier alpha value is -3.09. The molecule has 0 fully saturated rings. The number of carboxylic acids is 1. The van der Waals surface area contributed by atoms with Crippen LogP contribution in [0.1, 0.15) is 6.92 Å². The van der Waals surface area contributed by atoms with E-state index in [-0.39, 0.29) is 82.8 Å². The van der Waals surface area contributed by atoms with Crippen molar-refractivity contribution in [3.8, 4) is 0 Å². The highest BCUT2D eigenvalue weighted by atomic mass is 16.6. The smallest absolute Gasteiger partial charge is 0.336 e. The van der Waals surface area contributed by atoms with Crippen LogP contribution in [-0.4, -0.2) is 272 Å². The van der Waals surface area contributed by atoms with Crippen LogP contribution in [0.4, 0.5) is 0 Å². The van der Waals surface area contributed by atoms with E-state index in [2.05, 4.69) is 19.7 Å². The maximum atomic E-state index is 12.7.